The Balaban J connectivity index is 1.80. The van der Waals surface area contributed by atoms with Crippen LogP contribution < -0.4 is 11.1 Å². The van der Waals surface area contributed by atoms with Crippen LogP contribution in [0.4, 0.5) is 0 Å². The normalized spacial score (nSPS) is 18.3. The predicted octanol–water partition coefficient (Wildman–Crippen LogP) is 0.256. The molecule has 1 atom stereocenters. The Morgan fingerprint density at radius 1 is 1.36 bits per heavy atom. The number of carbonyl (C=O) groups is 2. The Kier molecular flexibility index (Phi) is 5.91. The van der Waals surface area contributed by atoms with Crippen molar-refractivity contribution in [3.63, 3.8) is 0 Å². The van der Waals surface area contributed by atoms with E-state index >= 15 is 0 Å². The van der Waals surface area contributed by atoms with Crippen molar-refractivity contribution in [1.29, 1.82) is 0 Å². The second-order valence-electron chi connectivity index (χ2n) is 5.60. The van der Waals surface area contributed by atoms with Crippen LogP contribution in [-0.2, 0) is 27.5 Å². The highest BCUT2D eigenvalue weighted by molar-refractivity contribution is 5.79. The Bertz CT molecular complexity index is 533. The first-order valence-corrected chi connectivity index (χ1v) is 7.44. The van der Waals surface area contributed by atoms with Crippen LogP contribution in [0, 0.1) is 5.92 Å². The van der Waals surface area contributed by atoms with Crippen molar-refractivity contribution in [2.24, 2.45) is 11.7 Å². The number of nitrogens with two attached hydrogens (primary N) is 1. The number of benzene rings is 1. The summed E-state index contributed by atoms with van der Waals surface area (Å²) in [5.41, 5.74) is 7.41. The molecule has 6 heteroatoms. The number of carbonyl (C=O) groups excluding carboxylic acids is 2. The van der Waals surface area contributed by atoms with Crippen LogP contribution in [-0.4, -0.2) is 43.5 Å². The van der Waals surface area contributed by atoms with E-state index in [1.165, 1.54) is 0 Å². The lowest BCUT2D eigenvalue weighted by molar-refractivity contribution is -0.123. The van der Waals surface area contributed by atoms with Gasteiger partial charge in [-0.2, -0.15) is 0 Å². The number of methoxy groups -OCH3 is 1. The number of nitrogens with zero attached hydrogens (tertiary/aromatic N) is 1. The molecule has 0 saturated carbocycles. The van der Waals surface area contributed by atoms with Gasteiger partial charge in [-0.1, -0.05) is 24.3 Å². The maximum atomic E-state index is 12.0. The Hall–Kier alpha value is -1.92. The van der Waals surface area contributed by atoms with Gasteiger partial charge < -0.3 is 15.8 Å². The zero-order valence-electron chi connectivity index (χ0n) is 12.9. The van der Waals surface area contributed by atoms with Crippen LogP contribution in [0.15, 0.2) is 24.3 Å². The lowest BCUT2D eigenvalue weighted by Gasteiger charge is -2.15. The third kappa shape index (κ3) is 4.54. The Labute approximate surface area is 130 Å². The fraction of sp³-hybridized carbons (Fsp3) is 0.500. The standard InChI is InChI=1S/C16H23N3O3/c1-22-11-14-5-3-2-4-12(14)8-18-15(20)10-19-7-6-13(9-19)16(17)21/h2-5,13H,6-11H2,1H3,(H2,17,21)(H,18,20)/t13-/m0/s1. The molecule has 0 aromatic heterocycles. The van der Waals surface area contributed by atoms with Crippen LogP contribution >= 0.6 is 0 Å². The maximum Gasteiger partial charge on any atom is 0.234 e. The molecule has 1 aromatic carbocycles. The zero-order chi connectivity index (χ0) is 15.9. The summed E-state index contributed by atoms with van der Waals surface area (Å²) in [6, 6.07) is 7.86. The molecule has 0 bridgehead atoms. The highest BCUT2D eigenvalue weighted by atomic mass is 16.5. The molecule has 120 valence electrons. The molecule has 0 spiro atoms. The second-order valence-corrected chi connectivity index (χ2v) is 5.60. The molecule has 3 N–H and O–H groups in total. The van der Waals surface area contributed by atoms with Gasteiger partial charge in [-0.15, -0.1) is 0 Å². The summed E-state index contributed by atoms with van der Waals surface area (Å²) in [6.07, 6.45) is 0.735. The van der Waals surface area contributed by atoms with E-state index in [9.17, 15) is 9.59 Å². The number of nitrogens with one attached hydrogen (secondary N) is 1. The number of primary amides is 1. The third-order valence-corrected chi connectivity index (χ3v) is 3.94. The lowest BCUT2D eigenvalue weighted by Crippen LogP contribution is -2.36. The van der Waals surface area contributed by atoms with E-state index < -0.39 is 0 Å². The predicted molar refractivity (Wildman–Crippen MR) is 82.7 cm³/mol. The minimum Gasteiger partial charge on any atom is -0.380 e. The average molecular weight is 305 g/mol. The van der Waals surface area contributed by atoms with E-state index in [1.54, 1.807) is 7.11 Å². The summed E-state index contributed by atoms with van der Waals surface area (Å²) in [6.45, 7) is 2.62. The van der Waals surface area contributed by atoms with E-state index in [4.69, 9.17) is 10.5 Å². The molecule has 2 rings (SSSR count). The number of hydrogen-bond acceptors (Lipinski definition) is 4. The summed E-state index contributed by atoms with van der Waals surface area (Å²) >= 11 is 0. The van der Waals surface area contributed by atoms with Crippen molar-refractivity contribution in [2.45, 2.75) is 19.6 Å². The smallest absolute Gasteiger partial charge is 0.234 e. The number of rotatable bonds is 7. The van der Waals surface area contributed by atoms with Crippen molar-refractivity contribution >= 4 is 11.8 Å². The van der Waals surface area contributed by atoms with Crippen molar-refractivity contribution in [2.75, 3.05) is 26.7 Å². The van der Waals surface area contributed by atoms with E-state index in [0.717, 1.165) is 24.1 Å². The summed E-state index contributed by atoms with van der Waals surface area (Å²) in [7, 11) is 1.65. The van der Waals surface area contributed by atoms with Gasteiger partial charge in [-0.25, -0.2) is 0 Å². The SMILES string of the molecule is COCc1ccccc1CNC(=O)CN1CC[C@H](C(N)=O)C1. The van der Waals surface area contributed by atoms with Gasteiger partial charge in [0.1, 0.15) is 0 Å². The summed E-state index contributed by atoms with van der Waals surface area (Å²) in [4.78, 5) is 25.1. The molecule has 6 nitrogen and oxygen atoms in total. The van der Waals surface area contributed by atoms with Gasteiger partial charge in [0, 0.05) is 20.2 Å². The molecule has 2 amide bonds. The molecule has 1 heterocycles. The van der Waals surface area contributed by atoms with E-state index in [-0.39, 0.29) is 17.7 Å². The largest absolute Gasteiger partial charge is 0.380 e. The van der Waals surface area contributed by atoms with E-state index in [1.807, 2.05) is 29.2 Å². The lowest BCUT2D eigenvalue weighted by atomic mass is 10.1. The van der Waals surface area contributed by atoms with Crippen LogP contribution in [0.5, 0.6) is 0 Å². The molecule has 1 aliphatic rings. The van der Waals surface area contributed by atoms with Gasteiger partial charge in [0.2, 0.25) is 11.8 Å². The van der Waals surface area contributed by atoms with Gasteiger partial charge in [-0.05, 0) is 24.1 Å². The number of hydrogen-bond donors (Lipinski definition) is 2. The molecular weight excluding hydrogens is 282 g/mol. The summed E-state index contributed by atoms with van der Waals surface area (Å²) in [5.74, 6) is -0.455. The topological polar surface area (TPSA) is 84.7 Å². The Morgan fingerprint density at radius 3 is 2.73 bits per heavy atom. The quantitative estimate of drug-likeness (QED) is 0.756. The molecule has 0 radical (unpaired) electrons. The fourth-order valence-electron chi connectivity index (χ4n) is 2.69. The van der Waals surface area contributed by atoms with Gasteiger partial charge in [-0.3, -0.25) is 14.5 Å². The van der Waals surface area contributed by atoms with Crippen molar-refractivity contribution < 1.29 is 14.3 Å². The van der Waals surface area contributed by atoms with E-state index in [2.05, 4.69) is 5.32 Å². The maximum absolute atomic E-state index is 12.0. The first-order chi connectivity index (χ1) is 10.6. The van der Waals surface area contributed by atoms with Crippen LogP contribution in [0.3, 0.4) is 0 Å². The number of likely N-dealkylation sites (tertiary alicyclic amines) is 1. The average Bonchev–Trinajstić information content (AvgIpc) is 2.95. The fourth-order valence-corrected chi connectivity index (χ4v) is 2.69. The monoisotopic (exact) mass is 305 g/mol. The molecule has 1 aliphatic heterocycles. The van der Waals surface area contributed by atoms with Crippen LogP contribution in [0.25, 0.3) is 0 Å². The minimum absolute atomic E-state index is 0.0441. The Morgan fingerprint density at radius 2 is 2.09 bits per heavy atom. The molecule has 1 saturated heterocycles. The highest BCUT2D eigenvalue weighted by Gasteiger charge is 2.27. The molecule has 0 aliphatic carbocycles. The van der Waals surface area contributed by atoms with Gasteiger partial charge >= 0.3 is 0 Å². The molecule has 0 unspecified atom stereocenters. The van der Waals surface area contributed by atoms with Crippen LogP contribution in [0.2, 0.25) is 0 Å². The van der Waals surface area contributed by atoms with Crippen molar-refractivity contribution in [1.82, 2.24) is 10.2 Å². The third-order valence-electron chi connectivity index (χ3n) is 3.94. The zero-order valence-corrected chi connectivity index (χ0v) is 12.9. The molecular formula is C16H23N3O3. The van der Waals surface area contributed by atoms with Gasteiger partial charge in [0.05, 0.1) is 19.1 Å². The van der Waals surface area contributed by atoms with Crippen molar-refractivity contribution in [3.05, 3.63) is 35.4 Å². The van der Waals surface area contributed by atoms with Gasteiger partial charge in [0.25, 0.3) is 0 Å². The van der Waals surface area contributed by atoms with E-state index in [0.29, 0.717) is 26.2 Å². The molecule has 1 fully saturated rings. The number of ether oxygens (including phenoxy) is 1. The second kappa shape index (κ2) is 7.91. The number of amides is 2. The highest BCUT2D eigenvalue weighted by Crippen LogP contribution is 2.15. The first kappa shape index (κ1) is 16.5. The molecule has 1 aromatic rings. The first-order valence-electron chi connectivity index (χ1n) is 7.44. The summed E-state index contributed by atoms with van der Waals surface area (Å²) < 4.78 is 5.15. The molecule has 22 heavy (non-hydrogen) atoms. The van der Waals surface area contributed by atoms with Crippen molar-refractivity contribution in [3.8, 4) is 0 Å². The van der Waals surface area contributed by atoms with Crippen LogP contribution in [0.1, 0.15) is 17.5 Å². The van der Waals surface area contributed by atoms with Gasteiger partial charge in [0.15, 0.2) is 0 Å². The minimum atomic E-state index is -0.281. The summed E-state index contributed by atoms with van der Waals surface area (Å²) in [5, 5.41) is 2.92.